The van der Waals surface area contributed by atoms with Gasteiger partial charge in [-0.25, -0.2) is 4.98 Å². The number of aromatic amines is 1. The molecule has 0 aliphatic rings. The van der Waals surface area contributed by atoms with E-state index in [1.54, 1.807) is 12.1 Å². The van der Waals surface area contributed by atoms with Crippen LogP contribution in [-0.2, 0) is 0 Å². The molecule has 0 spiro atoms. The smallest absolute Gasteiger partial charge is 0.259 e. The summed E-state index contributed by atoms with van der Waals surface area (Å²) in [5, 5.41) is 1.23. The second-order valence-corrected chi connectivity index (χ2v) is 5.16. The van der Waals surface area contributed by atoms with Crippen molar-refractivity contribution in [3.63, 3.8) is 0 Å². The average molecular weight is 305 g/mol. The fourth-order valence-corrected chi connectivity index (χ4v) is 2.51. The number of carbonyl (C=O) groups excluding carboxylic acids is 1. The molecule has 0 fully saturated rings. The Morgan fingerprint density at radius 3 is 2.74 bits per heavy atom. The van der Waals surface area contributed by atoms with Gasteiger partial charge in [-0.3, -0.25) is 9.59 Å². The van der Waals surface area contributed by atoms with Gasteiger partial charge in [-0.05, 0) is 30.3 Å². The number of furan rings is 1. The van der Waals surface area contributed by atoms with Crippen molar-refractivity contribution in [3.8, 4) is 11.6 Å². The normalized spacial score (nSPS) is 11.1. The predicted molar refractivity (Wildman–Crippen MR) is 86.1 cm³/mol. The third kappa shape index (κ3) is 2.17. The van der Waals surface area contributed by atoms with E-state index in [0.29, 0.717) is 28.1 Å². The third-order valence-electron chi connectivity index (χ3n) is 3.65. The van der Waals surface area contributed by atoms with Crippen molar-refractivity contribution in [1.29, 1.82) is 0 Å². The van der Waals surface area contributed by atoms with Gasteiger partial charge < -0.3 is 15.1 Å². The number of amides is 1. The molecular weight excluding hydrogens is 294 g/mol. The lowest BCUT2D eigenvalue weighted by atomic mass is 10.1. The first-order chi connectivity index (χ1) is 11.1. The number of H-pyrrole nitrogens is 1. The molecule has 0 aliphatic carbocycles. The molecule has 4 aromatic rings. The fraction of sp³-hybridized carbons (Fsp3) is 0. The molecule has 6 nitrogen and oxygen atoms in total. The Bertz CT molecular complexity index is 1090. The fourth-order valence-electron chi connectivity index (χ4n) is 2.51. The number of benzene rings is 2. The molecule has 0 saturated heterocycles. The lowest BCUT2D eigenvalue weighted by molar-refractivity contribution is 0.100. The van der Waals surface area contributed by atoms with Crippen molar-refractivity contribution in [2.75, 3.05) is 0 Å². The number of nitrogens with two attached hydrogens (primary N) is 1. The highest BCUT2D eigenvalue weighted by molar-refractivity contribution is 5.96. The molecule has 2 aromatic carbocycles. The summed E-state index contributed by atoms with van der Waals surface area (Å²) in [4.78, 5) is 30.6. The molecule has 0 saturated carbocycles. The predicted octanol–water partition coefficient (Wildman–Crippen LogP) is 2.44. The Labute approximate surface area is 129 Å². The SMILES string of the molecule is NC(=O)c1ccc2nc(-c3cc4ccccc4o3)[nH]c(=O)c2c1. The van der Waals surface area contributed by atoms with Crippen molar-refractivity contribution in [3.05, 3.63) is 64.4 Å². The largest absolute Gasteiger partial charge is 0.453 e. The van der Waals surface area contributed by atoms with E-state index in [1.165, 1.54) is 6.07 Å². The van der Waals surface area contributed by atoms with E-state index >= 15 is 0 Å². The first-order valence-corrected chi connectivity index (χ1v) is 6.95. The number of hydrogen-bond donors (Lipinski definition) is 2. The lowest BCUT2D eigenvalue weighted by Crippen LogP contribution is -2.14. The molecule has 112 valence electrons. The Hall–Kier alpha value is -3.41. The minimum atomic E-state index is -0.590. The van der Waals surface area contributed by atoms with Gasteiger partial charge in [-0.1, -0.05) is 18.2 Å². The highest BCUT2D eigenvalue weighted by Gasteiger charge is 2.12. The maximum absolute atomic E-state index is 12.3. The van der Waals surface area contributed by atoms with Crippen LogP contribution in [0.5, 0.6) is 0 Å². The first kappa shape index (κ1) is 13.3. The van der Waals surface area contributed by atoms with E-state index in [4.69, 9.17) is 10.2 Å². The minimum absolute atomic E-state index is 0.265. The Morgan fingerprint density at radius 2 is 1.96 bits per heavy atom. The molecular formula is C17H11N3O3. The van der Waals surface area contributed by atoms with Crippen molar-refractivity contribution >= 4 is 27.8 Å². The van der Waals surface area contributed by atoms with E-state index in [-0.39, 0.29) is 11.1 Å². The van der Waals surface area contributed by atoms with E-state index in [2.05, 4.69) is 9.97 Å². The summed E-state index contributed by atoms with van der Waals surface area (Å²) in [6.45, 7) is 0. The maximum Gasteiger partial charge on any atom is 0.259 e. The molecule has 6 heteroatoms. The van der Waals surface area contributed by atoms with Gasteiger partial charge in [0, 0.05) is 10.9 Å². The van der Waals surface area contributed by atoms with Crippen molar-refractivity contribution in [1.82, 2.24) is 9.97 Å². The molecule has 1 amide bonds. The first-order valence-electron chi connectivity index (χ1n) is 6.95. The second-order valence-electron chi connectivity index (χ2n) is 5.16. The number of rotatable bonds is 2. The molecule has 23 heavy (non-hydrogen) atoms. The number of primary amides is 1. The zero-order chi connectivity index (χ0) is 16.0. The molecule has 0 bridgehead atoms. The Morgan fingerprint density at radius 1 is 1.13 bits per heavy atom. The van der Waals surface area contributed by atoms with Crippen LogP contribution in [-0.4, -0.2) is 15.9 Å². The summed E-state index contributed by atoms with van der Waals surface area (Å²) in [5.74, 6) is 0.224. The molecule has 0 atom stereocenters. The van der Waals surface area contributed by atoms with Gasteiger partial charge >= 0.3 is 0 Å². The molecule has 2 heterocycles. The van der Waals surface area contributed by atoms with Gasteiger partial charge in [0.2, 0.25) is 5.91 Å². The lowest BCUT2D eigenvalue weighted by Gasteiger charge is -2.02. The van der Waals surface area contributed by atoms with Crippen LogP contribution < -0.4 is 11.3 Å². The van der Waals surface area contributed by atoms with Crippen molar-refractivity contribution in [2.45, 2.75) is 0 Å². The highest BCUT2D eigenvalue weighted by atomic mass is 16.3. The van der Waals surface area contributed by atoms with Crippen molar-refractivity contribution < 1.29 is 9.21 Å². The van der Waals surface area contributed by atoms with Crippen LogP contribution in [0, 0.1) is 0 Å². The summed E-state index contributed by atoms with van der Waals surface area (Å²) in [6.07, 6.45) is 0. The summed E-state index contributed by atoms with van der Waals surface area (Å²) in [7, 11) is 0. The number of nitrogens with one attached hydrogen (secondary N) is 1. The Balaban J connectivity index is 1.93. The molecule has 0 aliphatic heterocycles. The number of fused-ring (bicyclic) bond motifs is 2. The number of para-hydroxylation sites is 1. The van der Waals surface area contributed by atoms with Crippen LogP contribution in [0.1, 0.15) is 10.4 Å². The highest BCUT2D eigenvalue weighted by Crippen LogP contribution is 2.25. The number of aromatic nitrogens is 2. The monoisotopic (exact) mass is 305 g/mol. The standard InChI is InChI=1S/C17H11N3O3/c18-15(21)10-5-6-12-11(7-10)17(22)20-16(19-12)14-8-9-3-1-2-4-13(9)23-14/h1-8H,(H2,18,21)(H,19,20,22). The topological polar surface area (TPSA) is 102 Å². The second kappa shape index (κ2) is 4.81. The quantitative estimate of drug-likeness (QED) is 0.593. The van der Waals surface area contributed by atoms with Gasteiger partial charge in [-0.2, -0.15) is 0 Å². The third-order valence-corrected chi connectivity index (χ3v) is 3.65. The van der Waals surface area contributed by atoms with Crippen LogP contribution in [0.15, 0.2) is 57.7 Å². The van der Waals surface area contributed by atoms with E-state index in [0.717, 1.165) is 5.39 Å². The Kier molecular flexibility index (Phi) is 2.77. The molecule has 4 rings (SSSR count). The van der Waals surface area contributed by atoms with Crippen molar-refractivity contribution in [2.24, 2.45) is 5.73 Å². The zero-order valence-corrected chi connectivity index (χ0v) is 11.9. The van der Waals surface area contributed by atoms with Gasteiger partial charge in [0.15, 0.2) is 11.6 Å². The van der Waals surface area contributed by atoms with E-state index in [9.17, 15) is 9.59 Å². The number of hydrogen-bond acceptors (Lipinski definition) is 4. The minimum Gasteiger partial charge on any atom is -0.453 e. The summed E-state index contributed by atoms with van der Waals surface area (Å²) >= 11 is 0. The summed E-state index contributed by atoms with van der Waals surface area (Å²) in [5.41, 5.74) is 6.33. The zero-order valence-electron chi connectivity index (χ0n) is 11.9. The summed E-state index contributed by atoms with van der Waals surface area (Å²) in [6, 6.07) is 13.9. The van der Waals surface area contributed by atoms with E-state index in [1.807, 2.05) is 30.3 Å². The van der Waals surface area contributed by atoms with Crippen LogP contribution in [0.4, 0.5) is 0 Å². The number of carbonyl (C=O) groups is 1. The van der Waals surface area contributed by atoms with Crippen LogP contribution in [0.25, 0.3) is 33.5 Å². The molecule has 0 radical (unpaired) electrons. The maximum atomic E-state index is 12.3. The van der Waals surface area contributed by atoms with E-state index < -0.39 is 5.91 Å². The molecule has 0 unspecified atom stereocenters. The average Bonchev–Trinajstić information content (AvgIpc) is 2.98. The van der Waals surface area contributed by atoms with Gasteiger partial charge in [0.1, 0.15) is 5.58 Å². The van der Waals surface area contributed by atoms with Gasteiger partial charge in [0.25, 0.3) is 5.56 Å². The van der Waals surface area contributed by atoms with Crippen LogP contribution in [0.2, 0.25) is 0 Å². The van der Waals surface area contributed by atoms with Crippen LogP contribution in [0.3, 0.4) is 0 Å². The number of nitrogens with zero attached hydrogens (tertiary/aromatic N) is 1. The molecule has 2 aromatic heterocycles. The van der Waals surface area contributed by atoms with Gasteiger partial charge in [-0.15, -0.1) is 0 Å². The summed E-state index contributed by atoms with van der Waals surface area (Å²) < 4.78 is 5.71. The van der Waals surface area contributed by atoms with Crippen LogP contribution >= 0.6 is 0 Å². The molecule has 3 N–H and O–H groups in total. The van der Waals surface area contributed by atoms with Gasteiger partial charge in [0.05, 0.1) is 10.9 Å².